The first kappa shape index (κ1) is 16.5. The maximum absolute atomic E-state index is 11.9. The number of hydrogen-bond acceptors (Lipinski definition) is 4. The molecule has 0 spiro atoms. The van der Waals surface area contributed by atoms with Crippen molar-refractivity contribution in [1.82, 2.24) is 15.1 Å². The van der Waals surface area contributed by atoms with Crippen LogP contribution < -0.4 is 5.32 Å². The zero-order valence-electron chi connectivity index (χ0n) is 14.3. The molecule has 0 aliphatic carbocycles. The summed E-state index contributed by atoms with van der Waals surface area (Å²) in [6.45, 7) is 5.01. The van der Waals surface area contributed by atoms with Crippen LogP contribution in [-0.4, -0.2) is 34.8 Å². The number of nitrogens with zero attached hydrogens (tertiary/aromatic N) is 2. The highest BCUT2D eigenvalue weighted by molar-refractivity contribution is 5.84. The summed E-state index contributed by atoms with van der Waals surface area (Å²) in [5, 5.41) is 8.03. The highest BCUT2D eigenvalue weighted by Crippen LogP contribution is 2.35. The molecule has 0 radical (unpaired) electrons. The largest absolute Gasteiger partial charge is 0.452 e. The lowest BCUT2D eigenvalue weighted by molar-refractivity contribution is -0.163. The summed E-state index contributed by atoms with van der Waals surface area (Å²) in [6, 6.07) is 6.30. The van der Waals surface area contributed by atoms with Crippen molar-refractivity contribution < 1.29 is 14.3 Å². The Morgan fingerprint density at radius 2 is 2.29 bits per heavy atom. The van der Waals surface area contributed by atoms with Gasteiger partial charge >= 0.3 is 5.97 Å². The normalized spacial score (nSPS) is 22.2. The van der Waals surface area contributed by atoms with Gasteiger partial charge in [-0.2, -0.15) is 5.10 Å². The van der Waals surface area contributed by atoms with Crippen LogP contribution in [0.3, 0.4) is 0 Å². The fourth-order valence-electron chi connectivity index (χ4n) is 3.44. The van der Waals surface area contributed by atoms with Gasteiger partial charge in [0.1, 0.15) is 0 Å². The van der Waals surface area contributed by atoms with Gasteiger partial charge in [-0.15, -0.1) is 0 Å². The van der Waals surface area contributed by atoms with Gasteiger partial charge in [0, 0.05) is 25.4 Å². The molecule has 1 aromatic heterocycles. The number of carbonyl (C=O) groups is 2. The van der Waals surface area contributed by atoms with E-state index in [-0.39, 0.29) is 23.7 Å². The number of cyclic esters (lactones) is 1. The van der Waals surface area contributed by atoms with E-state index in [0.29, 0.717) is 12.8 Å². The van der Waals surface area contributed by atoms with Crippen LogP contribution in [-0.2, 0) is 20.9 Å². The van der Waals surface area contributed by atoms with Crippen molar-refractivity contribution in [2.45, 2.75) is 45.3 Å². The first-order valence-electron chi connectivity index (χ1n) is 8.40. The van der Waals surface area contributed by atoms with Crippen LogP contribution in [0.2, 0.25) is 0 Å². The van der Waals surface area contributed by atoms with Crippen molar-refractivity contribution in [2.75, 3.05) is 7.05 Å². The zero-order valence-corrected chi connectivity index (χ0v) is 14.3. The summed E-state index contributed by atoms with van der Waals surface area (Å²) < 4.78 is 7.14. The second-order valence-electron chi connectivity index (χ2n) is 6.36. The molecule has 1 aliphatic rings. The molecule has 24 heavy (non-hydrogen) atoms. The highest BCUT2D eigenvalue weighted by atomic mass is 16.5. The first-order chi connectivity index (χ1) is 11.5. The Hall–Kier alpha value is -2.37. The predicted molar refractivity (Wildman–Crippen MR) is 90.5 cm³/mol. The second-order valence-corrected chi connectivity index (χ2v) is 6.36. The van der Waals surface area contributed by atoms with Gasteiger partial charge in [0.2, 0.25) is 0 Å². The molecule has 3 rings (SSSR count). The molecule has 2 aromatic rings. The lowest BCUT2D eigenvalue weighted by Crippen LogP contribution is -2.41. The Kier molecular flexibility index (Phi) is 4.55. The Morgan fingerprint density at radius 3 is 3.00 bits per heavy atom. The Morgan fingerprint density at radius 1 is 1.50 bits per heavy atom. The molecule has 3 atom stereocenters. The third kappa shape index (κ3) is 3.00. The summed E-state index contributed by atoms with van der Waals surface area (Å²) in [4.78, 5) is 23.7. The number of benzene rings is 1. The third-order valence-corrected chi connectivity index (χ3v) is 4.96. The number of aromatic nitrogens is 2. The standard InChI is InChI=1S/C18H23N3O3/c1-4-21-15-6-5-12(7-14(15)10-20-21)11(2)13-8-16(18(23)19-3)24-17(22)9-13/h5-7,10-11,13,16H,4,8-9H2,1-3H3,(H,19,23)/t11-,13?,16+/m0/s1. The molecule has 1 N–H and O–H groups in total. The lowest BCUT2D eigenvalue weighted by atomic mass is 9.80. The number of esters is 1. The Labute approximate surface area is 141 Å². The number of hydrogen-bond donors (Lipinski definition) is 1. The van der Waals surface area contributed by atoms with E-state index < -0.39 is 6.10 Å². The molecule has 2 heterocycles. The number of fused-ring (bicyclic) bond motifs is 1. The monoisotopic (exact) mass is 329 g/mol. The van der Waals surface area contributed by atoms with E-state index in [1.807, 2.05) is 10.9 Å². The smallest absolute Gasteiger partial charge is 0.306 e. The van der Waals surface area contributed by atoms with E-state index >= 15 is 0 Å². The van der Waals surface area contributed by atoms with Gasteiger partial charge in [-0.3, -0.25) is 14.3 Å². The minimum Gasteiger partial charge on any atom is -0.452 e. The quantitative estimate of drug-likeness (QED) is 0.873. The average Bonchev–Trinajstić information content (AvgIpc) is 3.02. The van der Waals surface area contributed by atoms with E-state index in [4.69, 9.17) is 4.74 Å². The molecule has 1 aliphatic heterocycles. The number of amides is 1. The van der Waals surface area contributed by atoms with Crippen molar-refractivity contribution >= 4 is 22.8 Å². The summed E-state index contributed by atoms with van der Waals surface area (Å²) in [5.41, 5.74) is 2.27. The van der Waals surface area contributed by atoms with Crippen LogP contribution in [0.1, 0.15) is 38.2 Å². The Bertz CT molecular complexity index is 768. The van der Waals surface area contributed by atoms with E-state index in [1.54, 1.807) is 7.05 Å². The molecular weight excluding hydrogens is 306 g/mol. The number of aryl methyl sites for hydroxylation is 1. The molecule has 1 fully saturated rings. The zero-order chi connectivity index (χ0) is 17.3. The third-order valence-electron chi connectivity index (χ3n) is 4.96. The summed E-state index contributed by atoms with van der Waals surface area (Å²) in [6.07, 6.45) is 2.09. The van der Waals surface area contributed by atoms with Gasteiger partial charge in [0.25, 0.3) is 5.91 Å². The molecule has 1 amide bonds. The van der Waals surface area contributed by atoms with Crippen LogP contribution in [0, 0.1) is 5.92 Å². The number of nitrogens with one attached hydrogen (secondary N) is 1. The maximum atomic E-state index is 11.9. The number of likely N-dealkylation sites (N-methyl/N-ethyl adjacent to an activating group) is 1. The fourth-order valence-corrected chi connectivity index (χ4v) is 3.44. The molecule has 6 nitrogen and oxygen atoms in total. The van der Waals surface area contributed by atoms with E-state index in [2.05, 4.69) is 42.5 Å². The highest BCUT2D eigenvalue weighted by Gasteiger charge is 2.35. The van der Waals surface area contributed by atoms with Gasteiger partial charge in [-0.25, -0.2) is 0 Å². The lowest BCUT2D eigenvalue weighted by Gasteiger charge is -2.31. The Balaban J connectivity index is 1.83. The molecule has 1 saturated heterocycles. The predicted octanol–water partition coefficient (Wildman–Crippen LogP) is 2.23. The van der Waals surface area contributed by atoms with Crippen molar-refractivity contribution in [1.29, 1.82) is 0 Å². The van der Waals surface area contributed by atoms with E-state index in [9.17, 15) is 9.59 Å². The van der Waals surface area contributed by atoms with Gasteiger partial charge in [0.15, 0.2) is 6.10 Å². The number of ether oxygens (including phenoxy) is 1. The van der Waals surface area contributed by atoms with Crippen LogP contribution in [0.25, 0.3) is 10.9 Å². The minimum absolute atomic E-state index is 0.0900. The van der Waals surface area contributed by atoms with E-state index in [1.165, 1.54) is 0 Å². The first-order valence-corrected chi connectivity index (χ1v) is 8.40. The van der Waals surface area contributed by atoms with Crippen molar-refractivity contribution in [3.63, 3.8) is 0 Å². The van der Waals surface area contributed by atoms with Crippen LogP contribution in [0.15, 0.2) is 24.4 Å². The molecule has 0 bridgehead atoms. The van der Waals surface area contributed by atoms with Crippen LogP contribution in [0.5, 0.6) is 0 Å². The molecule has 6 heteroatoms. The number of rotatable bonds is 4. The fraction of sp³-hybridized carbons (Fsp3) is 0.500. The molecule has 128 valence electrons. The van der Waals surface area contributed by atoms with Gasteiger partial charge in [0.05, 0.1) is 11.7 Å². The van der Waals surface area contributed by atoms with Crippen molar-refractivity contribution in [3.05, 3.63) is 30.0 Å². The molecule has 1 unspecified atom stereocenters. The summed E-state index contributed by atoms with van der Waals surface area (Å²) in [7, 11) is 1.56. The van der Waals surface area contributed by atoms with Crippen molar-refractivity contribution in [2.24, 2.45) is 5.92 Å². The summed E-state index contributed by atoms with van der Waals surface area (Å²) >= 11 is 0. The maximum Gasteiger partial charge on any atom is 0.306 e. The topological polar surface area (TPSA) is 73.2 Å². The van der Waals surface area contributed by atoms with Crippen LogP contribution >= 0.6 is 0 Å². The van der Waals surface area contributed by atoms with Gasteiger partial charge < -0.3 is 10.1 Å². The molecule has 0 saturated carbocycles. The van der Waals surface area contributed by atoms with Gasteiger partial charge in [-0.05, 0) is 42.9 Å². The van der Waals surface area contributed by atoms with Gasteiger partial charge in [-0.1, -0.05) is 13.0 Å². The molecule has 1 aromatic carbocycles. The van der Waals surface area contributed by atoms with E-state index in [0.717, 1.165) is 23.0 Å². The average molecular weight is 329 g/mol. The van der Waals surface area contributed by atoms with Crippen LogP contribution in [0.4, 0.5) is 0 Å². The number of carbonyl (C=O) groups excluding carboxylic acids is 2. The summed E-state index contributed by atoms with van der Waals surface area (Å²) in [5.74, 6) is -0.280. The van der Waals surface area contributed by atoms with Crippen molar-refractivity contribution in [3.8, 4) is 0 Å². The minimum atomic E-state index is -0.685. The second kappa shape index (κ2) is 6.63. The SMILES string of the molecule is CCn1ncc2cc([C@H](C)C3CC(=O)O[C@@H](C(=O)NC)C3)ccc21. The molecular formula is C18H23N3O3.